The summed E-state index contributed by atoms with van der Waals surface area (Å²) in [6.45, 7) is 6.91. The summed E-state index contributed by atoms with van der Waals surface area (Å²) in [6.07, 6.45) is 4.74. The zero-order valence-electron chi connectivity index (χ0n) is 14.8. The molecule has 0 saturated carbocycles. The number of piperidine rings is 2. The van der Waals surface area contributed by atoms with Crippen LogP contribution in [0, 0.1) is 5.41 Å². The second-order valence-electron chi connectivity index (χ2n) is 7.07. The summed E-state index contributed by atoms with van der Waals surface area (Å²) in [7, 11) is 1.68. The van der Waals surface area contributed by atoms with Gasteiger partial charge < -0.3 is 14.1 Å². The molecule has 0 aromatic carbocycles. The van der Waals surface area contributed by atoms with Crippen LogP contribution in [0.1, 0.15) is 44.4 Å². The summed E-state index contributed by atoms with van der Waals surface area (Å²) < 4.78 is 10.8. The second-order valence-corrected chi connectivity index (χ2v) is 7.07. The number of rotatable bonds is 6. The lowest BCUT2D eigenvalue weighted by Crippen LogP contribution is -2.54. The first kappa shape index (κ1) is 17.4. The van der Waals surface area contributed by atoms with E-state index < -0.39 is 0 Å². The molecule has 134 valence electrons. The van der Waals surface area contributed by atoms with E-state index in [4.69, 9.17) is 9.15 Å². The van der Waals surface area contributed by atoms with Gasteiger partial charge in [-0.3, -0.25) is 9.69 Å². The smallest absolute Gasteiger partial charge is 0.230 e. The van der Waals surface area contributed by atoms with Crippen LogP contribution in [-0.4, -0.2) is 65.8 Å². The van der Waals surface area contributed by atoms with Gasteiger partial charge >= 0.3 is 0 Å². The third-order valence-corrected chi connectivity index (χ3v) is 5.22. The molecule has 1 spiro atoms. The zero-order valence-corrected chi connectivity index (χ0v) is 14.8. The molecular weight excluding hydrogens is 308 g/mol. The molecule has 7 nitrogen and oxygen atoms in total. The number of carbonyl (C=O) groups is 1. The van der Waals surface area contributed by atoms with Crippen LogP contribution in [0.15, 0.2) is 4.42 Å². The second kappa shape index (κ2) is 7.61. The molecule has 7 heteroatoms. The van der Waals surface area contributed by atoms with Gasteiger partial charge in [-0.15, -0.1) is 10.2 Å². The van der Waals surface area contributed by atoms with Crippen LogP contribution in [0.3, 0.4) is 0 Å². The Balaban J connectivity index is 1.62. The van der Waals surface area contributed by atoms with Gasteiger partial charge in [-0.1, -0.05) is 6.92 Å². The topological polar surface area (TPSA) is 71.7 Å². The van der Waals surface area contributed by atoms with E-state index in [1.807, 2.05) is 11.8 Å². The summed E-state index contributed by atoms with van der Waals surface area (Å²) in [4.78, 5) is 16.5. The number of hydrogen-bond donors (Lipinski definition) is 0. The average molecular weight is 336 g/mol. The van der Waals surface area contributed by atoms with Crippen LogP contribution in [0.5, 0.6) is 0 Å². The Morgan fingerprint density at radius 1 is 1.25 bits per heavy atom. The summed E-state index contributed by atoms with van der Waals surface area (Å²) >= 11 is 0. The molecule has 3 heterocycles. The molecule has 0 N–H and O–H groups in total. The van der Waals surface area contributed by atoms with E-state index in [2.05, 4.69) is 15.1 Å². The highest BCUT2D eigenvalue weighted by Gasteiger charge is 2.41. The van der Waals surface area contributed by atoms with Gasteiger partial charge in [-0.25, -0.2) is 0 Å². The summed E-state index contributed by atoms with van der Waals surface area (Å²) in [5.74, 6) is 1.66. The van der Waals surface area contributed by atoms with Gasteiger partial charge in [-0.05, 0) is 25.8 Å². The molecular formula is C17H28N4O3. The summed E-state index contributed by atoms with van der Waals surface area (Å²) in [6, 6.07) is 0. The molecule has 24 heavy (non-hydrogen) atoms. The molecule has 0 aliphatic carbocycles. The van der Waals surface area contributed by atoms with Crippen molar-refractivity contribution in [3.8, 4) is 0 Å². The first-order valence-corrected chi connectivity index (χ1v) is 8.94. The Morgan fingerprint density at radius 2 is 2.08 bits per heavy atom. The molecule has 1 amide bonds. The normalized spacial score (nSPS) is 25.6. The van der Waals surface area contributed by atoms with Crippen LogP contribution < -0.4 is 0 Å². The molecule has 0 bridgehead atoms. The van der Waals surface area contributed by atoms with Crippen LogP contribution >= 0.6 is 0 Å². The maximum Gasteiger partial charge on any atom is 0.230 e. The number of likely N-dealkylation sites (tertiary alicyclic amines) is 2. The molecule has 3 rings (SSSR count). The number of aromatic nitrogens is 2. The molecule has 2 saturated heterocycles. The van der Waals surface area contributed by atoms with Gasteiger partial charge in [0.15, 0.2) is 0 Å². The van der Waals surface area contributed by atoms with E-state index in [1.165, 1.54) is 6.42 Å². The Hall–Kier alpha value is -1.47. The van der Waals surface area contributed by atoms with Crippen LogP contribution in [0.2, 0.25) is 0 Å². The zero-order chi connectivity index (χ0) is 17.0. The third-order valence-electron chi connectivity index (χ3n) is 5.22. The Kier molecular flexibility index (Phi) is 5.50. The van der Waals surface area contributed by atoms with Gasteiger partial charge in [0.05, 0.1) is 13.2 Å². The number of amides is 1. The number of ether oxygens (including phenoxy) is 1. The lowest BCUT2D eigenvalue weighted by molar-refractivity contribution is -0.140. The summed E-state index contributed by atoms with van der Waals surface area (Å²) in [5, 5.41) is 8.19. The maximum atomic E-state index is 12.2. The quantitative estimate of drug-likeness (QED) is 0.784. The lowest BCUT2D eigenvalue weighted by Gasteiger charge is -2.48. The molecule has 1 aromatic rings. The monoisotopic (exact) mass is 336 g/mol. The minimum Gasteiger partial charge on any atom is -0.424 e. The van der Waals surface area contributed by atoms with Crippen molar-refractivity contribution >= 4 is 5.91 Å². The number of hydrogen-bond acceptors (Lipinski definition) is 6. The van der Waals surface area contributed by atoms with E-state index in [0.717, 1.165) is 38.9 Å². The van der Waals surface area contributed by atoms with Gasteiger partial charge in [-0.2, -0.15) is 0 Å². The van der Waals surface area contributed by atoms with E-state index >= 15 is 0 Å². The fourth-order valence-corrected chi connectivity index (χ4v) is 3.97. The number of carbonyl (C=O) groups excluding carboxylic acids is 1. The highest BCUT2D eigenvalue weighted by atomic mass is 16.5. The van der Waals surface area contributed by atoms with Crippen molar-refractivity contribution in [3.05, 3.63) is 11.8 Å². The highest BCUT2D eigenvalue weighted by molar-refractivity contribution is 5.77. The molecule has 0 unspecified atom stereocenters. The Labute approximate surface area is 143 Å². The number of methoxy groups -OCH3 is 1. The van der Waals surface area contributed by atoms with Crippen LogP contribution in [-0.2, 0) is 22.5 Å². The molecule has 2 aliphatic heterocycles. The first-order valence-electron chi connectivity index (χ1n) is 8.94. The van der Waals surface area contributed by atoms with Gasteiger partial charge in [0.25, 0.3) is 0 Å². The van der Waals surface area contributed by atoms with E-state index in [1.54, 1.807) is 7.11 Å². The van der Waals surface area contributed by atoms with Gasteiger partial charge in [0, 0.05) is 45.0 Å². The highest BCUT2D eigenvalue weighted by Crippen LogP contribution is 2.39. The fourth-order valence-electron chi connectivity index (χ4n) is 3.97. The predicted molar refractivity (Wildman–Crippen MR) is 88.3 cm³/mol. The van der Waals surface area contributed by atoms with E-state index in [-0.39, 0.29) is 11.3 Å². The van der Waals surface area contributed by atoms with Crippen molar-refractivity contribution in [1.82, 2.24) is 20.0 Å². The van der Waals surface area contributed by atoms with Crippen LogP contribution in [0.4, 0.5) is 0 Å². The van der Waals surface area contributed by atoms with Crippen molar-refractivity contribution in [2.24, 2.45) is 5.41 Å². The minimum atomic E-state index is 0.202. The SMILES string of the molecule is CCc1nnc(CN2CCC[C@]3(CCC(=O)N(CCOC)C3)C2)o1. The Bertz CT molecular complexity index is 562. The molecule has 1 aromatic heterocycles. The minimum absolute atomic E-state index is 0.202. The predicted octanol–water partition coefficient (Wildman–Crippen LogP) is 1.48. The maximum absolute atomic E-state index is 12.2. The first-order chi connectivity index (χ1) is 11.6. The Morgan fingerprint density at radius 3 is 2.83 bits per heavy atom. The number of aryl methyl sites for hydroxylation is 1. The van der Waals surface area contributed by atoms with E-state index in [9.17, 15) is 4.79 Å². The van der Waals surface area contributed by atoms with Crippen LogP contribution in [0.25, 0.3) is 0 Å². The van der Waals surface area contributed by atoms with Crippen molar-refractivity contribution in [3.63, 3.8) is 0 Å². The lowest BCUT2D eigenvalue weighted by atomic mass is 9.73. The van der Waals surface area contributed by atoms with Gasteiger partial charge in [0.1, 0.15) is 0 Å². The van der Waals surface area contributed by atoms with E-state index in [0.29, 0.717) is 37.9 Å². The standard InChI is InChI=1S/C17H28N4O3/c1-3-14-18-19-15(24-14)11-20-8-4-6-17(12-20)7-5-16(22)21(13-17)9-10-23-2/h3-13H2,1-2H3/t17-/m0/s1. The molecule has 2 aliphatic rings. The van der Waals surface area contributed by atoms with Gasteiger partial charge in [0.2, 0.25) is 17.7 Å². The molecule has 1 atom stereocenters. The van der Waals surface area contributed by atoms with Crippen molar-refractivity contribution in [1.29, 1.82) is 0 Å². The van der Waals surface area contributed by atoms with Crippen molar-refractivity contribution in [2.75, 3.05) is 39.9 Å². The average Bonchev–Trinajstić information content (AvgIpc) is 3.04. The summed E-state index contributed by atoms with van der Waals surface area (Å²) in [5.41, 5.74) is 0.202. The molecule has 0 radical (unpaired) electrons. The molecule has 2 fully saturated rings. The fraction of sp³-hybridized carbons (Fsp3) is 0.824. The van der Waals surface area contributed by atoms with Crippen molar-refractivity contribution in [2.45, 2.75) is 45.6 Å². The van der Waals surface area contributed by atoms with Crippen molar-refractivity contribution < 1.29 is 13.9 Å². The third kappa shape index (κ3) is 3.95. The largest absolute Gasteiger partial charge is 0.424 e. The number of nitrogens with zero attached hydrogens (tertiary/aromatic N) is 4.